The van der Waals surface area contributed by atoms with E-state index >= 15 is 0 Å². The van der Waals surface area contributed by atoms with Crippen LogP contribution in [0, 0.1) is 0 Å². The van der Waals surface area contributed by atoms with Crippen molar-refractivity contribution in [1.82, 2.24) is 4.98 Å². The number of benzene rings is 3. The van der Waals surface area contributed by atoms with Gasteiger partial charge in [0.15, 0.2) is 11.5 Å². The Morgan fingerprint density at radius 2 is 1.43 bits per heavy atom. The lowest BCUT2D eigenvalue weighted by atomic mass is 10.1. The Kier molecular flexibility index (Phi) is 3.19. The number of hydrogen-bond acceptors (Lipinski definition) is 2. The number of methoxy groups -OCH3 is 2. The fourth-order valence-corrected chi connectivity index (χ4v) is 2.98. The Morgan fingerprint density at radius 1 is 0.696 bits per heavy atom. The zero-order chi connectivity index (χ0) is 15.8. The lowest BCUT2D eigenvalue weighted by Gasteiger charge is -2.08. The van der Waals surface area contributed by atoms with Crippen molar-refractivity contribution < 1.29 is 9.47 Å². The summed E-state index contributed by atoms with van der Waals surface area (Å²) >= 11 is 0. The molecule has 114 valence electrons. The molecule has 4 aromatic rings. The summed E-state index contributed by atoms with van der Waals surface area (Å²) < 4.78 is 10.7. The average Bonchev–Trinajstić information content (AvgIpc) is 3.01. The van der Waals surface area contributed by atoms with Gasteiger partial charge in [-0.05, 0) is 47.2 Å². The molecule has 3 heteroatoms. The first-order valence-electron chi connectivity index (χ1n) is 7.52. The summed E-state index contributed by atoms with van der Waals surface area (Å²) in [4.78, 5) is 3.50. The van der Waals surface area contributed by atoms with Crippen molar-refractivity contribution in [3.63, 3.8) is 0 Å². The molecule has 23 heavy (non-hydrogen) atoms. The Labute approximate surface area is 134 Å². The van der Waals surface area contributed by atoms with E-state index in [1.165, 1.54) is 16.2 Å². The predicted octanol–water partition coefficient (Wildman–Crippen LogP) is 5.01. The highest BCUT2D eigenvalue weighted by Crippen LogP contribution is 2.34. The predicted molar refractivity (Wildman–Crippen MR) is 94.3 cm³/mol. The van der Waals surface area contributed by atoms with Crippen LogP contribution in [0.3, 0.4) is 0 Å². The lowest BCUT2D eigenvalue weighted by Crippen LogP contribution is -1.90. The molecule has 0 saturated carbocycles. The van der Waals surface area contributed by atoms with Crippen LogP contribution < -0.4 is 9.47 Å². The number of fused-ring (bicyclic) bond motifs is 2. The molecule has 0 aliphatic carbocycles. The molecule has 0 bridgehead atoms. The quantitative estimate of drug-likeness (QED) is 0.577. The summed E-state index contributed by atoms with van der Waals surface area (Å²) in [5, 5.41) is 3.69. The maximum absolute atomic E-state index is 5.40. The van der Waals surface area contributed by atoms with Crippen LogP contribution in [-0.4, -0.2) is 19.2 Å². The van der Waals surface area contributed by atoms with Gasteiger partial charge in [0.05, 0.1) is 14.2 Å². The van der Waals surface area contributed by atoms with Gasteiger partial charge in [0.25, 0.3) is 0 Å². The van der Waals surface area contributed by atoms with E-state index in [1.807, 2.05) is 18.2 Å². The van der Waals surface area contributed by atoms with Crippen LogP contribution in [0.2, 0.25) is 0 Å². The number of aromatic nitrogens is 1. The van der Waals surface area contributed by atoms with E-state index in [4.69, 9.17) is 9.47 Å². The van der Waals surface area contributed by atoms with Gasteiger partial charge in [-0.2, -0.15) is 0 Å². The third kappa shape index (κ3) is 2.30. The van der Waals surface area contributed by atoms with Gasteiger partial charge in [-0.25, -0.2) is 0 Å². The molecule has 0 aliphatic rings. The van der Waals surface area contributed by atoms with Crippen molar-refractivity contribution >= 4 is 21.7 Å². The summed E-state index contributed by atoms with van der Waals surface area (Å²) in [6.45, 7) is 0. The highest BCUT2D eigenvalue weighted by molar-refractivity contribution is 5.98. The number of hydrogen-bond donors (Lipinski definition) is 1. The Balaban J connectivity index is 1.87. The molecule has 1 N–H and O–H groups in total. The summed E-state index contributed by atoms with van der Waals surface area (Å²) in [6.07, 6.45) is 0. The van der Waals surface area contributed by atoms with E-state index < -0.39 is 0 Å². The normalized spacial score (nSPS) is 11.0. The van der Waals surface area contributed by atoms with E-state index in [2.05, 4.69) is 47.4 Å². The molecule has 0 fully saturated rings. The van der Waals surface area contributed by atoms with Crippen LogP contribution in [0.1, 0.15) is 0 Å². The second-order valence-electron chi connectivity index (χ2n) is 5.54. The lowest BCUT2D eigenvalue weighted by molar-refractivity contribution is 0.355. The van der Waals surface area contributed by atoms with Gasteiger partial charge in [0, 0.05) is 22.2 Å². The zero-order valence-corrected chi connectivity index (χ0v) is 13.1. The smallest absolute Gasteiger partial charge is 0.161 e. The molecule has 0 aliphatic heterocycles. The van der Waals surface area contributed by atoms with Gasteiger partial charge < -0.3 is 14.5 Å². The minimum Gasteiger partial charge on any atom is -0.493 e. The molecule has 0 atom stereocenters. The number of ether oxygens (including phenoxy) is 2. The summed E-state index contributed by atoms with van der Waals surface area (Å²) in [5.41, 5.74) is 3.27. The SMILES string of the molecule is COc1ccc(-c2cc3cc4ccccc4cc3[nH]2)cc1OC. The van der Waals surface area contributed by atoms with Gasteiger partial charge >= 0.3 is 0 Å². The van der Waals surface area contributed by atoms with Gasteiger partial charge in [0.1, 0.15) is 0 Å². The van der Waals surface area contributed by atoms with E-state index in [0.717, 1.165) is 28.3 Å². The minimum atomic E-state index is 0.730. The van der Waals surface area contributed by atoms with Crippen molar-refractivity contribution in [2.45, 2.75) is 0 Å². The summed E-state index contributed by atoms with van der Waals surface area (Å²) in [5.74, 6) is 1.46. The first kappa shape index (κ1) is 13.7. The van der Waals surface area contributed by atoms with E-state index in [9.17, 15) is 0 Å². The second-order valence-corrected chi connectivity index (χ2v) is 5.54. The molecule has 3 aromatic carbocycles. The minimum absolute atomic E-state index is 0.730. The Bertz CT molecular complexity index is 949. The molecule has 0 amide bonds. The third-order valence-corrected chi connectivity index (χ3v) is 4.18. The van der Waals surface area contributed by atoms with Crippen LogP contribution in [0.15, 0.2) is 60.7 Å². The Hall–Kier alpha value is -2.94. The van der Waals surface area contributed by atoms with Gasteiger partial charge in [-0.15, -0.1) is 0 Å². The zero-order valence-electron chi connectivity index (χ0n) is 13.1. The van der Waals surface area contributed by atoms with Crippen LogP contribution in [-0.2, 0) is 0 Å². The van der Waals surface area contributed by atoms with Crippen LogP contribution >= 0.6 is 0 Å². The second kappa shape index (κ2) is 5.36. The molecule has 0 spiro atoms. The van der Waals surface area contributed by atoms with Crippen molar-refractivity contribution in [1.29, 1.82) is 0 Å². The molecule has 0 saturated heterocycles. The van der Waals surface area contributed by atoms with Crippen molar-refractivity contribution in [2.24, 2.45) is 0 Å². The molecular weight excluding hydrogens is 286 g/mol. The molecule has 3 nitrogen and oxygen atoms in total. The molecule has 1 aromatic heterocycles. The summed E-state index contributed by atoms with van der Waals surface area (Å²) in [7, 11) is 3.30. The van der Waals surface area contributed by atoms with E-state index in [0.29, 0.717) is 0 Å². The van der Waals surface area contributed by atoms with Crippen LogP contribution in [0.4, 0.5) is 0 Å². The van der Waals surface area contributed by atoms with Crippen molar-refractivity contribution in [3.8, 4) is 22.8 Å². The number of H-pyrrole nitrogens is 1. The molecule has 0 unspecified atom stereocenters. The monoisotopic (exact) mass is 303 g/mol. The van der Waals surface area contributed by atoms with Crippen LogP contribution in [0.5, 0.6) is 11.5 Å². The van der Waals surface area contributed by atoms with Gasteiger partial charge in [-0.1, -0.05) is 24.3 Å². The largest absolute Gasteiger partial charge is 0.493 e. The average molecular weight is 303 g/mol. The number of nitrogens with one attached hydrogen (secondary N) is 1. The molecular formula is C20H17NO2. The fourth-order valence-electron chi connectivity index (χ4n) is 2.98. The third-order valence-electron chi connectivity index (χ3n) is 4.18. The number of aromatic amines is 1. The summed E-state index contributed by atoms with van der Waals surface area (Å²) in [6, 6.07) is 20.9. The molecule has 1 heterocycles. The van der Waals surface area contributed by atoms with E-state index in [-0.39, 0.29) is 0 Å². The van der Waals surface area contributed by atoms with Gasteiger partial charge in [0.2, 0.25) is 0 Å². The molecule has 0 radical (unpaired) electrons. The molecule has 4 rings (SSSR count). The van der Waals surface area contributed by atoms with Crippen molar-refractivity contribution in [3.05, 3.63) is 60.7 Å². The standard InChI is InChI=1S/C20H17NO2/c1-22-19-8-7-15(12-20(19)23-2)17-11-16-9-13-5-3-4-6-14(13)10-18(16)21-17/h3-12,21H,1-2H3. The maximum atomic E-state index is 5.40. The van der Waals surface area contributed by atoms with Crippen molar-refractivity contribution in [2.75, 3.05) is 14.2 Å². The first-order valence-corrected chi connectivity index (χ1v) is 7.52. The van der Waals surface area contributed by atoms with Crippen LogP contribution in [0.25, 0.3) is 32.9 Å². The Morgan fingerprint density at radius 3 is 2.17 bits per heavy atom. The first-order chi connectivity index (χ1) is 11.3. The fraction of sp³-hybridized carbons (Fsp3) is 0.100. The highest BCUT2D eigenvalue weighted by atomic mass is 16.5. The highest BCUT2D eigenvalue weighted by Gasteiger charge is 2.09. The topological polar surface area (TPSA) is 34.2 Å². The number of rotatable bonds is 3. The van der Waals surface area contributed by atoms with E-state index in [1.54, 1.807) is 14.2 Å². The van der Waals surface area contributed by atoms with Gasteiger partial charge in [-0.3, -0.25) is 0 Å². The maximum Gasteiger partial charge on any atom is 0.161 e.